The Morgan fingerprint density at radius 2 is 1.00 bits per heavy atom. The van der Waals surface area contributed by atoms with Gasteiger partial charge in [-0.05, 0) is 170 Å². The molecule has 8 aliphatic rings. The lowest BCUT2D eigenvalue weighted by Crippen LogP contribution is -2.58. The zero-order chi connectivity index (χ0) is 40.8. The normalized spacial score (nSPS) is 41.9. The van der Waals surface area contributed by atoms with Crippen molar-refractivity contribution in [2.45, 2.75) is 118 Å². The Labute approximate surface area is 347 Å². The second-order valence-corrected chi connectivity index (χ2v) is 21.1. The maximum absolute atomic E-state index is 12.4. The van der Waals surface area contributed by atoms with Crippen molar-refractivity contribution in [3.63, 3.8) is 0 Å². The summed E-state index contributed by atoms with van der Waals surface area (Å²) >= 11 is 0. The van der Waals surface area contributed by atoms with E-state index in [0.29, 0.717) is 47.6 Å². The molecule has 0 bridgehead atoms. The van der Waals surface area contributed by atoms with E-state index in [-0.39, 0.29) is 46.7 Å². The van der Waals surface area contributed by atoms with Crippen LogP contribution in [0, 0.1) is 71.0 Å². The average Bonchev–Trinajstić information content (AvgIpc) is 3.67. The first-order valence-electron chi connectivity index (χ1n) is 22.6. The number of hydrogen-bond acceptors (Lipinski definition) is 6. The van der Waals surface area contributed by atoms with Crippen molar-refractivity contribution in [2.24, 2.45) is 57.2 Å². The first-order chi connectivity index (χ1) is 27.7. The van der Waals surface area contributed by atoms with Crippen molar-refractivity contribution in [1.29, 1.82) is 0 Å². The minimum atomic E-state index is 0.0683. The van der Waals surface area contributed by atoms with E-state index in [1.54, 1.807) is 0 Å². The predicted molar refractivity (Wildman–Crippen MR) is 228 cm³/mol. The fourth-order valence-electron chi connectivity index (χ4n) is 15.3. The lowest BCUT2D eigenvalue weighted by Gasteiger charge is -2.59. The maximum atomic E-state index is 12.4. The highest BCUT2D eigenvalue weighted by atomic mass is 16.5. The van der Waals surface area contributed by atoms with Crippen molar-refractivity contribution in [3.05, 3.63) is 71.3 Å². The molecule has 12 atom stereocenters. The second-order valence-electron chi connectivity index (χ2n) is 21.1. The van der Waals surface area contributed by atoms with Crippen LogP contribution in [0.5, 0.6) is 0 Å². The van der Waals surface area contributed by atoms with E-state index in [9.17, 15) is 9.59 Å². The number of carbonyl (C=O) groups excluding carboxylic acids is 2. The van der Waals surface area contributed by atoms with E-state index in [1.807, 2.05) is 36.3 Å². The molecule has 0 N–H and O–H groups in total. The van der Waals surface area contributed by atoms with E-state index in [0.717, 1.165) is 26.1 Å². The van der Waals surface area contributed by atoms with Gasteiger partial charge < -0.3 is 19.3 Å². The fourth-order valence-corrected chi connectivity index (χ4v) is 15.3. The average molecular weight is 789 g/mol. The number of ether oxygens (including phenoxy) is 2. The van der Waals surface area contributed by atoms with E-state index < -0.39 is 0 Å². The van der Waals surface area contributed by atoms with Crippen LogP contribution in [0.3, 0.4) is 0 Å². The van der Waals surface area contributed by atoms with Crippen LogP contribution in [0.4, 0.5) is 0 Å². The quantitative estimate of drug-likeness (QED) is 0.302. The van der Waals surface area contributed by atoms with Crippen LogP contribution in [-0.4, -0.2) is 84.2 Å². The van der Waals surface area contributed by atoms with Gasteiger partial charge in [-0.3, -0.25) is 19.6 Å². The molecule has 2 unspecified atom stereocenters. The van der Waals surface area contributed by atoms with Crippen molar-refractivity contribution in [3.8, 4) is 0 Å². The van der Waals surface area contributed by atoms with Gasteiger partial charge in [0.05, 0.1) is 13.2 Å². The smallest absolute Gasteiger partial charge is 0.248 e. The lowest BCUT2D eigenvalue weighted by molar-refractivity contribution is -0.138. The van der Waals surface area contributed by atoms with E-state index in [1.165, 1.54) is 84.8 Å². The molecular weight excluding hydrogens is 721 g/mol. The molecule has 4 heterocycles. The van der Waals surface area contributed by atoms with Crippen LogP contribution < -0.4 is 0 Å². The number of nitrogens with zero attached hydrogens (tertiary/aromatic N) is 4. The van der Waals surface area contributed by atoms with Gasteiger partial charge in [0.2, 0.25) is 11.8 Å². The summed E-state index contributed by atoms with van der Waals surface area (Å²) < 4.78 is 11.9. The Morgan fingerprint density at radius 3 is 1.40 bits per heavy atom. The molecule has 312 valence electrons. The zero-order valence-electron chi connectivity index (χ0n) is 36.6. The topological polar surface area (TPSA) is 84.9 Å². The molecule has 58 heavy (non-hydrogen) atoms. The number of hydrogen-bond donors (Lipinski definition) is 0. The predicted octanol–water partition coefficient (Wildman–Crippen LogP) is 8.97. The van der Waals surface area contributed by atoms with Gasteiger partial charge in [-0.1, -0.05) is 39.8 Å². The molecule has 2 amide bonds. The number of aryl methyl sites for hydroxylation is 2. The summed E-state index contributed by atoms with van der Waals surface area (Å²) in [4.78, 5) is 37.8. The van der Waals surface area contributed by atoms with Gasteiger partial charge in [-0.15, -0.1) is 0 Å². The number of likely N-dealkylation sites (N-methyl/N-ethyl adjacent to an activating group) is 2. The highest BCUT2D eigenvalue weighted by Crippen LogP contribution is 2.67. The summed E-state index contributed by atoms with van der Waals surface area (Å²) in [5.74, 6) is 4.38. The zero-order valence-corrected chi connectivity index (χ0v) is 36.6. The molecule has 2 aromatic rings. The third kappa shape index (κ3) is 6.19. The molecule has 0 aromatic carbocycles. The van der Waals surface area contributed by atoms with Crippen molar-refractivity contribution >= 4 is 23.0 Å². The number of allylic oxidation sites excluding steroid dienone is 4. The number of fused-ring (bicyclic) bond motifs is 10. The molecular formula is C50H68N4O4. The molecule has 2 saturated heterocycles. The highest BCUT2D eigenvalue weighted by molar-refractivity contribution is 5.78. The van der Waals surface area contributed by atoms with Crippen molar-refractivity contribution in [2.75, 3.05) is 40.5 Å². The second kappa shape index (κ2) is 14.7. The van der Waals surface area contributed by atoms with Crippen LogP contribution >= 0.6 is 0 Å². The van der Waals surface area contributed by atoms with Gasteiger partial charge >= 0.3 is 0 Å². The number of amides is 2. The Balaban J connectivity index is 0.000000150. The molecule has 4 saturated carbocycles. The first-order valence-corrected chi connectivity index (χ1v) is 22.6. The Morgan fingerprint density at radius 1 is 0.586 bits per heavy atom. The fraction of sp³-hybridized carbons (Fsp3) is 0.680. The van der Waals surface area contributed by atoms with E-state index in [2.05, 4.69) is 88.2 Å². The monoisotopic (exact) mass is 789 g/mol. The minimum Gasteiger partial charge on any atom is -0.371 e. The molecule has 8 nitrogen and oxygen atoms in total. The van der Waals surface area contributed by atoms with Crippen LogP contribution in [0.25, 0.3) is 11.1 Å². The summed E-state index contributed by atoms with van der Waals surface area (Å²) in [5.41, 5.74) is 8.77. The summed E-state index contributed by atoms with van der Waals surface area (Å²) in [6, 6.07) is 5.24. The highest BCUT2D eigenvalue weighted by Gasteiger charge is 2.61. The molecule has 8 heteroatoms. The van der Waals surface area contributed by atoms with Crippen LogP contribution in [0.2, 0.25) is 0 Å². The minimum absolute atomic E-state index is 0.0683. The molecule has 0 spiro atoms. The van der Waals surface area contributed by atoms with Crippen LogP contribution in [-0.2, 0) is 19.1 Å². The number of pyridine rings is 2. The van der Waals surface area contributed by atoms with E-state index >= 15 is 0 Å². The van der Waals surface area contributed by atoms with Crippen LogP contribution in [0.1, 0.15) is 114 Å². The molecule has 10 rings (SSSR count). The van der Waals surface area contributed by atoms with Gasteiger partial charge in [-0.25, -0.2) is 0 Å². The molecule has 2 aromatic heterocycles. The largest absolute Gasteiger partial charge is 0.371 e. The third-order valence-corrected chi connectivity index (χ3v) is 18.2. The van der Waals surface area contributed by atoms with Crippen molar-refractivity contribution < 1.29 is 19.1 Å². The van der Waals surface area contributed by atoms with Crippen LogP contribution in [0.15, 0.2) is 49.1 Å². The van der Waals surface area contributed by atoms with E-state index in [4.69, 9.17) is 9.47 Å². The summed E-state index contributed by atoms with van der Waals surface area (Å²) in [5, 5.41) is 0. The Hall–Kier alpha value is -3.36. The van der Waals surface area contributed by atoms with Gasteiger partial charge in [0, 0.05) is 61.8 Å². The first kappa shape index (κ1) is 40.1. The molecule has 6 aliphatic carbocycles. The summed E-state index contributed by atoms with van der Waals surface area (Å²) in [7, 11) is 3.99. The van der Waals surface area contributed by atoms with Gasteiger partial charge in [0.15, 0.2) is 0 Å². The number of rotatable bonds is 2. The Kier molecular flexibility index (Phi) is 10.1. The van der Waals surface area contributed by atoms with Gasteiger partial charge in [0.25, 0.3) is 0 Å². The van der Waals surface area contributed by atoms with Gasteiger partial charge in [-0.2, -0.15) is 0 Å². The standard InChI is InChI=1S/2C25H34N2O2/c2*1-16-11-17(13-26-12-16)19-6-7-20-18-5-8-22-25(3,15-29-14-23(28)27(22)4)21(18)9-10-24(19,20)2/h2*6,11-13,18,20-22H,5,7-10,14-15H2,1-4H3/t2*18-,20-,21-,22?,24+,25+/m00/s1. The lowest BCUT2D eigenvalue weighted by atomic mass is 9.48. The number of aromatic nitrogens is 2. The summed E-state index contributed by atoms with van der Waals surface area (Å²) in [6.07, 6.45) is 25.0. The maximum Gasteiger partial charge on any atom is 0.248 e. The molecule has 6 fully saturated rings. The Bertz CT molecular complexity index is 1870. The number of carbonyl (C=O) groups is 2. The SMILES string of the molecule is Cc1cncc(C2=CC[C@H]3[C@@H]4CCC5N(C)C(=O)COC[C@]5(C)[C@H]4CC[C@]23C)c1.Cc1cncc(C2=CC[C@H]3[C@@H]4CCC5N(C)C(=O)COC[C@]5(C)[C@H]4CC[C@]23C)c1. The van der Waals surface area contributed by atoms with Crippen molar-refractivity contribution in [1.82, 2.24) is 19.8 Å². The molecule has 2 aliphatic heterocycles. The summed E-state index contributed by atoms with van der Waals surface area (Å²) in [6.45, 7) is 16.0. The third-order valence-electron chi connectivity index (χ3n) is 18.2. The molecule has 0 radical (unpaired) electrons. The van der Waals surface area contributed by atoms with Gasteiger partial charge in [0.1, 0.15) is 13.2 Å².